The molecule has 7 heteroatoms. The van der Waals surface area contributed by atoms with Crippen LogP contribution in [0.3, 0.4) is 0 Å². The fourth-order valence-corrected chi connectivity index (χ4v) is 4.74. The van der Waals surface area contributed by atoms with Crippen LogP contribution in [0.2, 0.25) is 0 Å². The van der Waals surface area contributed by atoms with Crippen LogP contribution in [0, 0.1) is 0 Å². The van der Waals surface area contributed by atoms with E-state index < -0.39 is 0 Å². The van der Waals surface area contributed by atoms with Gasteiger partial charge in [-0.05, 0) is 30.7 Å². The van der Waals surface area contributed by atoms with Crippen LogP contribution in [-0.2, 0) is 4.79 Å². The first-order valence-electron chi connectivity index (χ1n) is 9.26. The monoisotopic (exact) mass is 385 g/mol. The molecule has 3 amide bonds. The zero-order valence-electron chi connectivity index (χ0n) is 15.1. The number of para-hydroxylation sites is 1. The Morgan fingerprint density at radius 1 is 1.07 bits per heavy atom. The van der Waals surface area contributed by atoms with E-state index in [-0.39, 0.29) is 18.5 Å². The third-order valence-electron chi connectivity index (χ3n) is 5.04. The summed E-state index contributed by atoms with van der Waals surface area (Å²) in [6, 6.07) is 13.4. The molecule has 3 heterocycles. The van der Waals surface area contributed by atoms with Gasteiger partial charge in [-0.2, -0.15) is 0 Å². The van der Waals surface area contributed by atoms with Crippen LogP contribution in [-0.4, -0.2) is 60.2 Å². The average molecular weight is 385 g/mol. The van der Waals surface area contributed by atoms with Gasteiger partial charge in [-0.25, -0.2) is 4.79 Å². The highest BCUT2D eigenvalue weighted by atomic mass is 32.2. The molecule has 1 aromatic heterocycles. The molecule has 27 heavy (non-hydrogen) atoms. The molecule has 0 N–H and O–H groups in total. The van der Waals surface area contributed by atoms with E-state index in [0.29, 0.717) is 31.4 Å². The van der Waals surface area contributed by atoms with Crippen molar-refractivity contribution in [3.8, 4) is 0 Å². The Kier molecular flexibility index (Phi) is 5.38. The van der Waals surface area contributed by atoms with Crippen molar-refractivity contribution < 1.29 is 14.0 Å². The maximum atomic E-state index is 12.8. The van der Waals surface area contributed by atoms with Gasteiger partial charge in [-0.1, -0.05) is 18.2 Å². The van der Waals surface area contributed by atoms with E-state index in [1.54, 1.807) is 16.1 Å². The van der Waals surface area contributed by atoms with Crippen LogP contribution >= 0.6 is 11.8 Å². The van der Waals surface area contributed by atoms with Crippen molar-refractivity contribution >= 4 is 29.4 Å². The molecule has 2 aromatic rings. The number of anilines is 1. The Bertz CT molecular complexity index is 781. The Balaban J connectivity index is 1.33. The molecule has 2 saturated heterocycles. The number of benzene rings is 1. The molecular weight excluding hydrogens is 362 g/mol. The van der Waals surface area contributed by atoms with Crippen LogP contribution in [0.4, 0.5) is 10.5 Å². The van der Waals surface area contributed by atoms with Crippen LogP contribution in [0.15, 0.2) is 53.1 Å². The first kappa shape index (κ1) is 18.0. The van der Waals surface area contributed by atoms with E-state index in [1.807, 2.05) is 59.1 Å². The van der Waals surface area contributed by atoms with Crippen molar-refractivity contribution in [3.05, 3.63) is 54.5 Å². The highest BCUT2D eigenvalue weighted by Crippen LogP contribution is 2.34. The smallest absolute Gasteiger partial charge is 0.325 e. The van der Waals surface area contributed by atoms with Crippen LogP contribution in [0.5, 0.6) is 0 Å². The van der Waals surface area contributed by atoms with Gasteiger partial charge in [0.15, 0.2) is 0 Å². The summed E-state index contributed by atoms with van der Waals surface area (Å²) in [4.78, 5) is 30.7. The Morgan fingerprint density at radius 2 is 1.93 bits per heavy atom. The molecule has 2 aliphatic rings. The number of urea groups is 1. The molecule has 0 radical (unpaired) electrons. The summed E-state index contributed by atoms with van der Waals surface area (Å²) in [6.07, 6.45) is 2.56. The molecule has 0 saturated carbocycles. The second-order valence-corrected chi connectivity index (χ2v) is 8.05. The van der Waals surface area contributed by atoms with Crippen molar-refractivity contribution in [1.29, 1.82) is 0 Å². The fourth-order valence-electron chi connectivity index (χ4n) is 3.56. The van der Waals surface area contributed by atoms with Crippen LogP contribution in [0.1, 0.15) is 17.4 Å². The standard InChI is InChI=1S/C20H23N3O3S/c24-19(21-9-8-18(27-14-12-21)17-7-4-13-26-17)15-22-10-11-23(20(22)25)16-5-2-1-3-6-16/h1-7,13,18H,8-12,14-15H2. The van der Waals surface area contributed by atoms with Gasteiger partial charge >= 0.3 is 6.03 Å². The van der Waals surface area contributed by atoms with E-state index in [4.69, 9.17) is 4.42 Å². The summed E-state index contributed by atoms with van der Waals surface area (Å²) in [5.41, 5.74) is 0.880. The molecule has 2 fully saturated rings. The predicted molar refractivity (Wildman–Crippen MR) is 106 cm³/mol. The maximum Gasteiger partial charge on any atom is 0.325 e. The Hall–Kier alpha value is -2.41. The van der Waals surface area contributed by atoms with Gasteiger partial charge in [0.1, 0.15) is 12.3 Å². The minimum atomic E-state index is -0.0905. The lowest BCUT2D eigenvalue weighted by molar-refractivity contribution is -0.131. The van der Waals surface area contributed by atoms with Gasteiger partial charge in [-0.15, -0.1) is 11.8 Å². The minimum Gasteiger partial charge on any atom is -0.468 e. The number of carbonyl (C=O) groups excluding carboxylic acids is 2. The minimum absolute atomic E-state index is 0.0268. The average Bonchev–Trinajstić information content (AvgIpc) is 3.27. The predicted octanol–water partition coefficient (Wildman–Crippen LogP) is 3.23. The topological polar surface area (TPSA) is 57.0 Å². The summed E-state index contributed by atoms with van der Waals surface area (Å²) in [5.74, 6) is 1.88. The van der Waals surface area contributed by atoms with E-state index in [9.17, 15) is 9.59 Å². The molecule has 1 aromatic carbocycles. The lowest BCUT2D eigenvalue weighted by atomic mass is 10.2. The van der Waals surface area contributed by atoms with Crippen molar-refractivity contribution in [3.63, 3.8) is 0 Å². The third kappa shape index (κ3) is 3.98. The molecule has 0 spiro atoms. The molecule has 2 aliphatic heterocycles. The van der Waals surface area contributed by atoms with E-state index >= 15 is 0 Å². The zero-order valence-corrected chi connectivity index (χ0v) is 15.9. The number of thioether (sulfide) groups is 1. The Morgan fingerprint density at radius 3 is 2.70 bits per heavy atom. The number of nitrogens with zero attached hydrogens (tertiary/aromatic N) is 3. The van der Waals surface area contributed by atoms with E-state index in [1.165, 1.54) is 0 Å². The number of hydrogen-bond acceptors (Lipinski definition) is 4. The summed E-state index contributed by atoms with van der Waals surface area (Å²) in [7, 11) is 0. The SMILES string of the molecule is O=C(CN1CCN(c2ccccc2)C1=O)N1CCSC(c2ccco2)CC1. The van der Waals surface area contributed by atoms with Gasteiger partial charge in [0.2, 0.25) is 5.91 Å². The molecule has 1 unspecified atom stereocenters. The quantitative estimate of drug-likeness (QED) is 0.811. The fraction of sp³-hybridized carbons (Fsp3) is 0.400. The van der Waals surface area contributed by atoms with Crippen LogP contribution in [0.25, 0.3) is 0 Å². The van der Waals surface area contributed by atoms with Crippen molar-refractivity contribution in [1.82, 2.24) is 9.80 Å². The van der Waals surface area contributed by atoms with Gasteiger partial charge in [0.05, 0.1) is 11.5 Å². The van der Waals surface area contributed by atoms with E-state index in [0.717, 1.165) is 23.6 Å². The number of furan rings is 1. The Labute approximate surface area is 163 Å². The third-order valence-corrected chi connectivity index (χ3v) is 6.33. The molecule has 4 rings (SSSR count). The van der Waals surface area contributed by atoms with Crippen molar-refractivity contribution in [2.75, 3.05) is 43.4 Å². The molecule has 6 nitrogen and oxygen atoms in total. The van der Waals surface area contributed by atoms with Gasteiger partial charge in [0.25, 0.3) is 0 Å². The van der Waals surface area contributed by atoms with Gasteiger partial charge < -0.3 is 14.2 Å². The largest absolute Gasteiger partial charge is 0.468 e. The zero-order chi connectivity index (χ0) is 18.6. The van der Waals surface area contributed by atoms with Crippen LogP contribution < -0.4 is 4.90 Å². The number of hydrogen-bond donors (Lipinski definition) is 0. The summed E-state index contributed by atoms with van der Waals surface area (Å²) in [6.45, 7) is 2.76. The number of carbonyl (C=O) groups is 2. The summed E-state index contributed by atoms with van der Waals surface area (Å²) in [5, 5.41) is 0.291. The van der Waals surface area contributed by atoms with Gasteiger partial charge in [-0.3, -0.25) is 9.69 Å². The highest BCUT2D eigenvalue weighted by Gasteiger charge is 2.32. The first-order valence-corrected chi connectivity index (χ1v) is 10.3. The second kappa shape index (κ2) is 8.08. The maximum absolute atomic E-state index is 12.8. The lowest BCUT2D eigenvalue weighted by Gasteiger charge is -2.24. The molecular formula is C20H23N3O3S. The normalized spacial score (nSPS) is 20.8. The molecule has 0 bridgehead atoms. The highest BCUT2D eigenvalue weighted by molar-refractivity contribution is 7.99. The summed E-state index contributed by atoms with van der Waals surface area (Å²) >= 11 is 1.83. The lowest BCUT2D eigenvalue weighted by Crippen LogP contribution is -2.43. The molecule has 0 aliphatic carbocycles. The second-order valence-electron chi connectivity index (χ2n) is 6.74. The van der Waals surface area contributed by atoms with E-state index in [2.05, 4.69) is 0 Å². The van der Waals surface area contributed by atoms with Crippen molar-refractivity contribution in [2.45, 2.75) is 11.7 Å². The first-order chi connectivity index (χ1) is 13.2. The molecule has 1 atom stereocenters. The van der Waals surface area contributed by atoms with Gasteiger partial charge in [0, 0.05) is 37.6 Å². The molecule has 142 valence electrons. The number of amides is 3. The number of rotatable bonds is 4. The summed E-state index contributed by atoms with van der Waals surface area (Å²) < 4.78 is 5.52. The van der Waals surface area contributed by atoms with Crippen molar-refractivity contribution in [2.24, 2.45) is 0 Å².